The fourth-order valence-corrected chi connectivity index (χ4v) is 4.46. The minimum absolute atomic E-state index is 0.00654. The van der Waals surface area contributed by atoms with Crippen LogP contribution in [0.4, 0.5) is 4.39 Å². The van der Waals surface area contributed by atoms with Crippen LogP contribution < -0.4 is 5.32 Å². The first-order valence-electron chi connectivity index (χ1n) is 13.4. The Labute approximate surface area is 238 Å². The average Bonchev–Trinajstić information content (AvgIpc) is 3.48. The number of amides is 1. The van der Waals surface area contributed by atoms with Gasteiger partial charge in [-0.25, -0.2) is 4.39 Å². The molecule has 1 unspecified atom stereocenters. The molecule has 0 bridgehead atoms. The normalized spacial score (nSPS) is 12.1. The number of hydrogen-bond donors (Lipinski definition) is 1. The number of aldehydes is 1. The molecular weight excluding hydrogens is 517 g/mol. The van der Waals surface area contributed by atoms with Crippen LogP contribution in [-0.4, -0.2) is 28.4 Å². The molecule has 4 aromatic carbocycles. The van der Waals surface area contributed by atoms with Crippen LogP contribution in [0.2, 0.25) is 0 Å². The summed E-state index contributed by atoms with van der Waals surface area (Å²) in [5.74, 6) is 0.260. The fourth-order valence-electron chi connectivity index (χ4n) is 4.46. The highest BCUT2D eigenvalue weighted by Gasteiger charge is 2.17. The van der Waals surface area contributed by atoms with Crippen LogP contribution in [0.15, 0.2) is 102 Å². The molecule has 0 aliphatic rings. The molecule has 0 spiro atoms. The maximum Gasteiger partial charge on any atom is 0.258 e. The lowest BCUT2D eigenvalue weighted by molar-refractivity contribution is -0.109. The molecule has 1 atom stereocenters. The van der Waals surface area contributed by atoms with E-state index in [1.807, 2.05) is 60.7 Å². The Kier molecular flexibility index (Phi) is 7.88. The molecule has 1 amide bonds. The van der Waals surface area contributed by atoms with Gasteiger partial charge in [-0.2, -0.15) is 4.98 Å². The van der Waals surface area contributed by atoms with E-state index in [0.717, 1.165) is 39.7 Å². The summed E-state index contributed by atoms with van der Waals surface area (Å²) in [4.78, 5) is 29.0. The molecule has 206 valence electrons. The van der Waals surface area contributed by atoms with Crippen LogP contribution in [0.3, 0.4) is 0 Å². The van der Waals surface area contributed by atoms with Gasteiger partial charge in [0.1, 0.15) is 12.1 Å². The van der Waals surface area contributed by atoms with Crippen molar-refractivity contribution in [2.24, 2.45) is 0 Å². The highest BCUT2D eigenvalue weighted by atomic mass is 19.1. The summed E-state index contributed by atoms with van der Waals surface area (Å²) in [6, 6.07) is 28.2. The standard InChI is InChI=1S/C34H30FN3O3/c1-34(2,3)28-16-12-26(13-17-28)32(40)36-30(21-39)20-22-4-6-25(7-5-22)31-37-33(41-38-31)27-10-8-23(9-11-27)24-14-18-29(35)19-15-24/h4-19,21,30H,20H2,1-3H3,(H,36,40). The largest absolute Gasteiger partial charge is 0.342 e. The summed E-state index contributed by atoms with van der Waals surface area (Å²) in [7, 11) is 0. The third-order valence-electron chi connectivity index (χ3n) is 6.90. The molecular formula is C34H30FN3O3. The van der Waals surface area contributed by atoms with Crippen LogP contribution in [0.5, 0.6) is 0 Å². The summed E-state index contributed by atoms with van der Waals surface area (Å²) in [5, 5.41) is 6.92. The van der Waals surface area contributed by atoms with E-state index < -0.39 is 6.04 Å². The topological polar surface area (TPSA) is 85.1 Å². The number of benzene rings is 4. The molecule has 5 aromatic rings. The van der Waals surface area contributed by atoms with Crippen molar-refractivity contribution in [2.75, 3.05) is 0 Å². The van der Waals surface area contributed by atoms with Crippen LogP contribution in [-0.2, 0) is 16.6 Å². The van der Waals surface area contributed by atoms with Gasteiger partial charge >= 0.3 is 0 Å². The Morgan fingerprint density at radius 3 is 1.98 bits per heavy atom. The maximum atomic E-state index is 13.2. The van der Waals surface area contributed by atoms with E-state index in [2.05, 4.69) is 36.2 Å². The molecule has 0 aliphatic carbocycles. The zero-order valence-corrected chi connectivity index (χ0v) is 23.1. The lowest BCUT2D eigenvalue weighted by Crippen LogP contribution is -2.37. The van der Waals surface area contributed by atoms with Crippen molar-refractivity contribution in [3.63, 3.8) is 0 Å². The first-order valence-corrected chi connectivity index (χ1v) is 13.4. The van der Waals surface area contributed by atoms with Gasteiger partial charge in [-0.15, -0.1) is 0 Å². The van der Waals surface area contributed by atoms with Crippen molar-refractivity contribution < 1.29 is 18.5 Å². The molecule has 6 nitrogen and oxygen atoms in total. The van der Waals surface area contributed by atoms with Crippen molar-refractivity contribution in [2.45, 2.75) is 38.6 Å². The lowest BCUT2D eigenvalue weighted by Gasteiger charge is -2.19. The van der Waals surface area contributed by atoms with Crippen molar-refractivity contribution in [3.05, 3.63) is 120 Å². The van der Waals surface area contributed by atoms with Crippen molar-refractivity contribution >= 4 is 12.2 Å². The van der Waals surface area contributed by atoms with Crippen LogP contribution in [0, 0.1) is 5.82 Å². The van der Waals surface area contributed by atoms with Crippen LogP contribution in [0.1, 0.15) is 42.3 Å². The van der Waals surface area contributed by atoms with E-state index in [9.17, 15) is 14.0 Å². The number of halogens is 1. The molecule has 0 radical (unpaired) electrons. The summed E-state index contributed by atoms with van der Waals surface area (Å²) in [6.07, 6.45) is 1.11. The summed E-state index contributed by atoms with van der Waals surface area (Å²) < 4.78 is 18.7. The van der Waals surface area contributed by atoms with Gasteiger partial charge in [-0.1, -0.05) is 86.6 Å². The molecule has 41 heavy (non-hydrogen) atoms. The predicted octanol–water partition coefficient (Wildman–Crippen LogP) is 7.05. The second-order valence-corrected chi connectivity index (χ2v) is 11.0. The van der Waals surface area contributed by atoms with Gasteiger partial charge in [0.05, 0.1) is 6.04 Å². The van der Waals surface area contributed by atoms with E-state index >= 15 is 0 Å². The monoisotopic (exact) mass is 547 g/mol. The molecule has 0 saturated heterocycles. The van der Waals surface area contributed by atoms with Crippen molar-refractivity contribution in [1.29, 1.82) is 0 Å². The number of carbonyl (C=O) groups is 2. The van der Waals surface area contributed by atoms with E-state index in [-0.39, 0.29) is 17.1 Å². The molecule has 1 heterocycles. The molecule has 1 N–H and O–H groups in total. The average molecular weight is 548 g/mol. The van der Waals surface area contributed by atoms with Crippen molar-refractivity contribution in [3.8, 4) is 34.0 Å². The van der Waals surface area contributed by atoms with Gasteiger partial charge in [0, 0.05) is 16.7 Å². The third kappa shape index (κ3) is 6.64. The van der Waals surface area contributed by atoms with Gasteiger partial charge in [0.25, 0.3) is 11.8 Å². The Morgan fingerprint density at radius 2 is 1.39 bits per heavy atom. The smallest absolute Gasteiger partial charge is 0.258 e. The molecule has 5 rings (SSSR count). The number of nitrogens with one attached hydrogen (secondary N) is 1. The molecule has 7 heteroatoms. The van der Waals surface area contributed by atoms with E-state index in [4.69, 9.17) is 4.52 Å². The summed E-state index contributed by atoms with van der Waals surface area (Å²) in [5.41, 5.74) is 5.92. The summed E-state index contributed by atoms with van der Waals surface area (Å²) >= 11 is 0. The number of aromatic nitrogens is 2. The van der Waals surface area contributed by atoms with E-state index in [1.54, 1.807) is 24.3 Å². The minimum Gasteiger partial charge on any atom is -0.342 e. The Morgan fingerprint density at radius 1 is 0.829 bits per heavy atom. The van der Waals surface area contributed by atoms with Crippen LogP contribution >= 0.6 is 0 Å². The highest BCUT2D eigenvalue weighted by molar-refractivity contribution is 5.95. The number of hydrogen-bond acceptors (Lipinski definition) is 5. The van der Waals surface area contributed by atoms with Crippen molar-refractivity contribution in [1.82, 2.24) is 15.5 Å². The molecule has 0 fully saturated rings. The number of rotatable bonds is 8. The van der Waals surface area contributed by atoms with Gasteiger partial charge in [0.2, 0.25) is 5.82 Å². The zero-order valence-electron chi connectivity index (χ0n) is 23.1. The first-order chi connectivity index (χ1) is 19.7. The van der Waals surface area contributed by atoms with Gasteiger partial charge in [0.15, 0.2) is 0 Å². The Hall–Kier alpha value is -4.91. The molecule has 0 saturated carbocycles. The minimum atomic E-state index is -0.662. The summed E-state index contributed by atoms with van der Waals surface area (Å²) in [6.45, 7) is 6.34. The van der Waals surface area contributed by atoms with Gasteiger partial charge in [-0.3, -0.25) is 4.79 Å². The third-order valence-corrected chi connectivity index (χ3v) is 6.90. The lowest BCUT2D eigenvalue weighted by atomic mass is 9.86. The second-order valence-electron chi connectivity index (χ2n) is 11.0. The van der Waals surface area contributed by atoms with Gasteiger partial charge in [-0.05, 0) is 70.5 Å². The number of carbonyl (C=O) groups excluding carboxylic acids is 2. The van der Waals surface area contributed by atoms with E-state index in [1.165, 1.54) is 12.1 Å². The maximum absolute atomic E-state index is 13.2. The zero-order chi connectivity index (χ0) is 29.0. The van der Waals surface area contributed by atoms with Gasteiger partial charge < -0.3 is 14.6 Å². The fraction of sp³-hybridized carbons (Fsp3) is 0.176. The second kappa shape index (κ2) is 11.7. The highest BCUT2D eigenvalue weighted by Crippen LogP contribution is 2.26. The molecule has 1 aromatic heterocycles. The Balaban J connectivity index is 1.21. The predicted molar refractivity (Wildman–Crippen MR) is 157 cm³/mol. The number of nitrogens with zero attached hydrogens (tertiary/aromatic N) is 2. The Bertz CT molecular complexity index is 1630. The SMILES string of the molecule is CC(C)(C)c1ccc(C(=O)NC(C=O)Cc2ccc(-c3noc(-c4ccc(-c5ccc(F)cc5)cc4)n3)cc2)cc1. The molecule has 0 aliphatic heterocycles. The first kappa shape index (κ1) is 27.6. The van der Waals surface area contributed by atoms with E-state index in [0.29, 0.717) is 23.7 Å². The van der Waals surface area contributed by atoms with Crippen LogP contribution in [0.25, 0.3) is 34.0 Å². The quantitative estimate of drug-likeness (QED) is 0.211.